The van der Waals surface area contributed by atoms with E-state index in [1.165, 1.54) is 29.6 Å². The van der Waals surface area contributed by atoms with Crippen molar-refractivity contribution in [1.29, 1.82) is 0 Å². The second-order valence-corrected chi connectivity index (χ2v) is 5.04. The Morgan fingerprint density at radius 3 is 3.33 bits per heavy atom. The maximum Gasteiger partial charge on any atom is 0.0814 e. The fourth-order valence-electron chi connectivity index (χ4n) is 2.25. The third-order valence-corrected chi connectivity index (χ3v) is 3.85. The summed E-state index contributed by atoms with van der Waals surface area (Å²) in [6.07, 6.45) is 3.78. The Kier molecular flexibility index (Phi) is 2.43. The van der Waals surface area contributed by atoms with E-state index in [-0.39, 0.29) is 0 Å². The Morgan fingerprint density at radius 1 is 1.47 bits per heavy atom. The van der Waals surface area contributed by atoms with Crippen molar-refractivity contribution in [1.82, 2.24) is 10.3 Å². The fourth-order valence-corrected chi connectivity index (χ4v) is 2.90. The molecule has 0 saturated carbocycles. The second-order valence-electron chi connectivity index (χ2n) is 4.15. The number of thiazole rings is 1. The fraction of sp³-hybridized carbons (Fsp3) is 0.417. The molecule has 0 radical (unpaired) electrons. The quantitative estimate of drug-likeness (QED) is 0.838. The van der Waals surface area contributed by atoms with Gasteiger partial charge in [0.25, 0.3) is 0 Å². The van der Waals surface area contributed by atoms with Crippen LogP contribution in [0.15, 0.2) is 23.7 Å². The van der Waals surface area contributed by atoms with Crippen LogP contribution in [0.3, 0.4) is 0 Å². The van der Waals surface area contributed by atoms with Crippen molar-refractivity contribution in [2.24, 2.45) is 0 Å². The summed E-state index contributed by atoms with van der Waals surface area (Å²) in [5.41, 5.74) is 4.48. The van der Waals surface area contributed by atoms with E-state index in [1.807, 2.05) is 5.51 Å². The lowest BCUT2D eigenvalue weighted by Crippen LogP contribution is -2.23. The molecule has 2 aromatic rings. The summed E-state index contributed by atoms with van der Waals surface area (Å²) in [6, 6.07) is 7.34. The zero-order valence-electron chi connectivity index (χ0n) is 8.57. The molecule has 2 nitrogen and oxygen atoms in total. The van der Waals surface area contributed by atoms with E-state index in [1.54, 1.807) is 11.3 Å². The first-order valence-electron chi connectivity index (χ1n) is 5.47. The van der Waals surface area contributed by atoms with Crippen LogP contribution < -0.4 is 5.32 Å². The maximum atomic E-state index is 4.35. The Bertz CT molecular complexity index is 457. The van der Waals surface area contributed by atoms with Crippen LogP contribution in [0.1, 0.15) is 18.4 Å². The first-order valence-corrected chi connectivity index (χ1v) is 6.35. The predicted molar refractivity (Wildman–Crippen MR) is 64.3 cm³/mol. The van der Waals surface area contributed by atoms with Crippen molar-refractivity contribution in [3.05, 3.63) is 29.3 Å². The van der Waals surface area contributed by atoms with Crippen molar-refractivity contribution in [2.45, 2.75) is 25.3 Å². The van der Waals surface area contributed by atoms with E-state index in [2.05, 4.69) is 28.5 Å². The maximum absolute atomic E-state index is 4.35. The molecular formula is C12H14N2S. The molecule has 1 aromatic carbocycles. The molecule has 1 aliphatic heterocycles. The number of nitrogens with one attached hydrogen (secondary N) is 1. The van der Waals surface area contributed by atoms with Gasteiger partial charge < -0.3 is 5.32 Å². The van der Waals surface area contributed by atoms with Gasteiger partial charge in [-0.15, -0.1) is 11.3 Å². The largest absolute Gasteiger partial charge is 0.314 e. The molecule has 1 atom stereocenters. The highest BCUT2D eigenvalue weighted by atomic mass is 32.1. The van der Waals surface area contributed by atoms with E-state index >= 15 is 0 Å². The summed E-state index contributed by atoms with van der Waals surface area (Å²) in [5, 5.41) is 3.53. The molecule has 1 aromatic heterocycles. The average Bonchev–Trinajstić information content (AvgIpc) is 2.87. The molecule has 0 spiro atoms. The zero-order chi connectivity index (χ0) is 10.1. The number of hydrogen-bond acceptors (Lipinski definition) is 3. The predicted octanol–water partition coefficient (Wildman–Crippen LogP) is 2.59. The molecule has 3 heteroatoms. The van der Waals surface area contributed by atoms with Crippen LogP contribution in [-0.2, 0) is 6.42 Å². The highest BCUT2D eigenvalue weighted by molar-refractivity contribution is 7.16. The summed E-state index contributed by atoms with van der Waals surface area (Å²) in [4.78, 5) is 4.35. The van der Waals surface area contributed by atoms with Crippen LogP contribution in [-0.4, -0.2) is 17.6 Å². The summed E-state index contributed by atoms with van der Waals surface area (Å²) in [5.74, 6) is 0. The molecule has 1 saturated heterocycles. The Morgan fingerprint density at radius 2 is 2.47 bits per heavy atom. The molecule has 15 heavy (non-hydrogen) atoms. The molecule has 0 aliphatic carbocycles. The van der Waals surface area contributed by atoms with Gasteiger partial charge in [-0.05, 0) is 43.5 Å². The monoisotopic (exact) mass is 218 g/mol. The number of benzene rings is 1. The van der Waals surface area contributed by atoms with Gasteiger partial charge in [-0.3, -0.25) is 0 Å². The van der Waals surface area contributed by atoms with Gasteiger partial charge in [0.2, 0.25) is 0 Å². The number of nitrogens with zero attached hydrogens (tertiary/aromatic N) is 1. The van der Waals surface area contributed by atoms with Gasteiger partial charge in [-0.2, -0.15) is 0 Å². The zero-order valence-corrected chi connectivity index (χ0v) is 9.39. The number of fused-ring (bicyclic) bond motifs is 1. The smallest absolute Gasteiger partial charge is 0.0814 e. The summed E-state index contributed by atoms with van der Waals surface area (Å²) < 4.78 is 1.29. The minimum Gasteiger partial charge on any atom is -0.314 e. The van der Waals surface area contributed by atoms with Crippen LogP contribution in [0.5, 0.6) is 0 Å². The second kappa shape index (κ2) is 3.91. The molecule has 3 rings (SSSR count). The van der Waals surface area contributed by atoms with E-state index < -0.39 is 0 Å². The van der Waals surface area contributed by atoms with E-state index in [0.29, 0.717) is 6.04 Å². The molecular weight excluding hydrogens is 204 g/mol. The van der Waals surface area contributed by atoms with Gasteiger partial charge in [-0.1, -0.05) is 6.07 Å². The first-order chi connectivity index (χ1) is 7.42. The van der Waals surface area contributed by atoms with Crippen LogP contribution in [0, 0.1) is 0 Å². The lowest BCUT2D eigenvalue weighted by molar-refractivity contribution is 0.603. The van der Waals surface area contributed by atoms with Crippen LogP contribution in [0.2, 0.25) is 0 Å². The van der Waals surface area contributed by atoms with Crippen molar-refractivity contribution >= 4 is 21.6 Å². The lowest BCUT2D eigenvalue weighted by atomic mass is 10.0. The van der Waals surface area contributed by atoms with Gasteiger partial charge in [0.15, 0.2) is 0 Å². The molecule has 78 valence electrons. The number of aromatic nitrogens is 1. The van der Waals surface area contributed by atoms with Crippen molar-refractivity contribution < 1.29 is 0 Å². The van der Waals surface area contributed by atoms with Crippen molar-refractivity contribution in [3.63, 3.8) is 0 Å². The third-order valence-electron chi connectivity index (χ3n) is 3.04. The van der Waals surface area contributed by atoms with Crippen LogP contribution >= 0.6 is 11.3 Å². The minimum atomic E-state index is 0.682. The van der Waals surface area contributed by atoms with E-state index in [9.17, 15) is 0 Å². The minimum absolute atomic E-state index is 0.682. The van der Waals surface area contributed by atoms with Gasteiger partial charge in [0.05, 0.1) is 15.7 Å². The number of rotatable bonds is 2. The summed E-state index contributed by atoms with van der Waals surface area (Å²) in [6.45, 7) is 1.18. The molecule has 0 amide bonds. The van der Waals surface area contributed by atoms with Crippen molar-refractivity contribution in [3.8, 4) is 0 Å². The standard InChI is InChI=1S/C12H14N2S/c1-2-10(13-5-1)6-9-3-4-12-11(7-9)14-8-15-12/h3-4,7-8,10,13H,1-2,5-6H2. The van der Waals surface area contributed by atoms with Gasteiger partial charge in [0.1, 0.15) is 0 Å². The highest BCUT2D eigenvalue weighted by Crippen LogP contribution is 2.20. The molecule has 2 heterocycles. The summed E-state index contributed by atoms with van der Waals surface area (Å²) in [7, 11) is 0. The van der Waals surface area contributed by atoms with Crippen LogP contribution in [0.25, 0.3) is 10.2 Å². The topological polar surface area (TPSA) is 24.9 Å². The Balaban J connectivity index is 1.84. The molecule has 1 N–H and O–H groups in total. The molecule has 1 fully saturated rings. The van der Waals surface area contributed by atoms with Gasteiger partial charge in [0, 0.05) is 6.04 Å². The molecule has 1 aliphatic rings. The Hall–Kier alpha value is -0.930. The normalized spacial score (nSPS) is 21.2. The number of hydrogen-bond donors (Lipinski definition) is 1. The van der Waals surface area contributed by atoms with Gasteiger partial charge in [-0.25, -0.2) is 4.98 Å². The molecule has 1 unspecified atom stereocenters. The van der Waals surface area contributed by atoms with Crippen LogP contribution in [0.4, 0.5) is 0 Å². The lowest BCUT2D eigenvalue weighted by Gasteiger charge is -2.09. The first kappa shape index (κ1) is 9.31. The van der Waals surface area contributed by atoms with Crippen molar-refractivity contribution in [2.75, 3.05) is 6.54 Å². The Labute approximate surface area is 93.3 Å². The van der Waals surface area contributed by atoms with E-state index in [0.717, 1.165) is 11.9 Å². The summed E-state index contributed by atoms with van der Waals surface area (Å²) >= 11 is 1.71. The highest BCUT2D eigenvalue weighted by Gasteiger charge is 2.14. The van der Waals surface area contributed by atoms with Gasteiger partial charge >= 0.3 is 0 Å². The molecule has 0 bridgehead atoms. The third kappa shape index (κ3) is 1.90. The van der Waals surface area contributed by atoms with E-state index in [4.69, 9.17) is 0 Å². The SMILES string of the molecule is c1nc2cc(CC3CCCN3)ccc2s1. The average molecular weight is 218 g/mol.